The van der Waals surface area contributed by atoms with Crippen molar-refractivity contribution in [1.29, 1.82) is 0 Å². The zero-order valence-electron chi connectivity index (χ0n) is 12.8. The molecule has 1 aromatic rings. The van der Waals surface area contributed by atoms with E-state index in [1.54, 1.807) is 11.8 Å². The number of hydrogen-bond donors (Lipinski definition) is 2. The minimum absolute atomic E-state index is 0.0125. The number of hydrogen-bond acceptors (Lipinski definition) is 3. The van der Waals surface area contributed by atoms with Gasteiger partial charge in [0.2, 0.25) is 0 Å². The predicted octanol–water partition coefficient (Wildman–Crippen LogP) is 3.16. The van der Waals surface area contributed by atoms with E-state index in [1.807, 2.05) is 35.4 Å². The number of rotatable bonds is 6. The third-order valence-electron chi connectivity index (χ3n) is 4.05. The summed E-state index contributed by atoms with van der Waals surface area (Å²) in [6, 6.07) is 7.75. The third kappa shape index (κ3) is 4.80. The van der Waals surface area contributed by atoms with E-state index in [1.165, 1.54) is 0 Å². The maximum Gasteiger partial charge on any atom is 0.317 e. The summed E-state index contributed by atoms with van der Waals surface area (Å²) in [4.78, 5) is 14.1. The molecule has 0 aromatic heterocycles. The molecule has 0 aliphatic carbocycles. The predicted molar refractivity (Wildman–Crippen MR) is 92.5 cm³/mol. The van der Waals surface area contributed by atoms with Crippen molar-refractivity contribution in [2.45, 2.75) is 18.1 Å². The maximum absolute atomic E-state index is 12.2. The molecule has 2 rings (SSSR count). The molecule has 6 heteroatoms. The van der Waals surface area contributed by atoms with Gasteiger partial charge in [0.1, 0.15) is 0 Å². The van der Waals surface area contributed by atoms with Crippen molar-refractivity contribution in [1.82, 2.24) is 10.2 Å². The van der Waals surface area contributed by atoms with Gasteiger partial charge in [-0.3, -0.25) is 0 Å². The van der Waals surface area contributed by atoms with E-state index in [4.69, 9.17) is 16.7 Å². The van der Waals surface area contributed by atoms with Crippen LogP contribution in [0.4, 0.5) is 4.79 Å². The van der Waals surface area contributed by atoms with E-state index in [9.17, 15) is 4.79 Å². The van der Waals surface area contributed by atoms with Gasteiger partial charge in [-0.2, -0.15) is 11.8 Å². The molecule has 1 heterocycles. The number of halogens is 1. The number of thioether (sulfide) groups is 1. The van der Waals surface area contributed by atoms with Crippen LogP contribution in [0.2, 0.25) is 5.02 Å². The summed E-state index contributed by atoms with van der Waals surface area (Å²) in [6.45, 7) is 2.30. The molecular formula is C16H23ClN2O2S. The molecule has 0 unspecified atom stereocenters. The lowest BCUT2D eigenvalue weighted by Crippen LogP contribution is -2.40. The summed E-state index contributed by atoms with van der Waals surface area (Å²) in [7, 11) is 0. The molecule has 0 radical (unpaired) electrons. The van der Waals surface area contributed by atoms with Crippen LogP contribution < -0.4 is 5.32 Å². The molecule has 0 spiro atoms. The molecular weight excluding hydrogens is 320 g/mol. The number of carbonyl (C=O) groups excluding carboxylic acids is 1. The van der Waals surface area contributed by atoms with E-state index >= 15 is 0 Å². The van der Waals surface area contributed by atoms with Gasteiger partial charge in [-0.25, -0.2) is 4.79 Å². The van der Waals surface area contributed by atoms with Gasteiger partial charge in [-0.15, -0.1) is 0 Å². The van der Waals surface area contributed by atoms with E-state index in [0.29, 0.717) is 17.5 Å². The van der Waals surface area contributed by atoms with Gasteiger partial charge in [0.05, 0.1) is 0 Å². The molecule has 2 N–H and O–H groups in total. The number of carbonyl (C=O) groups is 1. The fourth-order valence-electron chi connectivity index (χ4n) is 2.77. The summed E-state index contributed by atoms with van der Waals surface area (Å²) in [5, 5.41) is 12.9. The van der Waals surface area contributed by atoms with Crippen LogP contribution in [-0.4, -0.2) is 48.5 Å². The number of benzene rings is 1. The maximum atomic E-state index is 12.2. The fraction of sp³-hybridized carbons (Fsp3) is 0.562. The topological polar surface area (TPSA) is 52.6 Å². The third-order valence-corrected chi connectivity index (χ3v) is 5.30. The SMILES string of the molecule is CS[C@H](CNC(=O)N1CC[C@H](CCO)C1)c1cccc(Cl)c1. The van der Waals surface area contributed by atoms with E-state index in [0.717, 1.165) is 31.5 Å². The minimum Gasteiger partial charge on any atom is -0.396 e. The van der Waals surface area contributed by atoms with Gasteiger partial charge in [-0.05, 0) is 42.7 Å². The fourth-order valence-corrected chi connectivity index (χ4v) is 3.64. The summed E-state index contributed by atoms with van der Waals surface area (Å²) in [6.07, 6.45) is 3.79. The monoisotopic (exact) mass is 342 g/mol. The van der Waals surface area contributed by atoms with Crippen LogP contribution in [-0.2, 0) is 0 Å². The Hall–Kier alpha value is -0.910. The Morgan fingerprint density at radius 3 is 3.09 bits per heavy atom. The number of aliphatic hydroxyl groups excluding tert-OH is 1. The van der Waals surface area contributed by atoms with Gasteiger partial charge >= 0.3 is 6.03 Å². The van der Waals surface area contributed by atoms with Crippen LogP contribution in [0.25, 0.3) is 0 Å². The first-order valence-corrected chi connectivity index (χ1v) is 9.22. The number of amides is 2. The summed E-state index contributed by atoms with van der Waals surface area (Å²) >= 11 is 7.73. The molecule has 4 nitrogen and oxygen atoms in total. The molecule has 0 saturated carbocycles. The van der Waals surface area contributed by atoms with E-state index in [-0.39, 0.29) is 17.9 Å². The Balaban J connectivity index is 1.84. The van der Waals surface area contributed by atoms with Crippen LogP contribution in [0, 0.1) is 5.92 Å². The Kier molecular flexibility index (Phi) is 6.86. The average Bonchev–Trinajstić information content (AvgIpc) is 2.97. The van der Waals surface area contributed by atoms with Crippen LogP contribution in [0.3, 0.4) is 0 Å². The Bertz CT molecular complexity index is 501. The van der Waals surface area contributed by atoms with Crippen molar-refractivity contribution in [3.05, 3.63) is 34.9 Å². The Morgan fingerprint density at radius 2 is 2.41 bits per heavy atom. The molecule has 1 aliphatic rings. The van der Waals surface area contributed by atoms with E-state index < -0.39 is 0 Å². The quantitative estimate of drug-likeness (QED) is 0.835. The summed E-state index contributed by atoms with van der Waals surface area (Å²) < 4.78 is 0. The first kappa shape index (κ1) is 17.4. The lowest BCUT2D eigenvalue weighted by atomic mass is 10.1. The highest BCUT2D eigenvalue weighted by Crippen LogP contribution is 2.28. The average molecular weight is 343 g/mol. The van der Waals surface area contributed by atoms with Crippen LogP contribution in [0.1, 0.15) is 23.7 Å². The standard InChI is InChI=1S/C16H23ClN2O2S/c1-22-15(13-3-2-4-14(17)9-13)10-18-16(21)19-7-5-12(11-19)6-8-20/h2-4,9,12,15,20H,5-8,10-11H2,1H3,(H,18,21)/t12-,15-/m1/s1. The van der Waals surface area contributed by atoms with Crippen molar-refractivity contribution in [2.24, 2.45) is 5.92 Å². The number of aliphatic hydroxyl groups is 1. The van der Waals surface area contributed by atoms with Crippen LogP contribution in [0.5, 0.6) is 0 Å². The lowest BCUT2D eigenvalue weighted by molar-refractivity contribution is 0.204. The highest BCUT2D eigenvalue weighted by Gasteiger charge is 2.26. The molecule has 1 fully saturated rings. The molecule has 1 aliphatic heterocycles. The largest absolute Gasteiger partial charge is 0.396 e. The van der Waals surface area contributed by atoms with Gasteiger partial charge in [0.15, 0.2) is 0 Å². The van der Waals surface area contributed by atoms with Crippen LogP contribution >= 0.6 is 23.4 Å². The number of likely N-dealkylation sites (tertiary alicyclic amines) is 1. The zero-order chi connectivity index (χ0) is 15.9. The molecule has 2 amide bonds. The second kappa shape index (κ2) is 8.65. The second-order valence-corrected chi connectivity index (χ2v) is 7.06. The molecule has 0 bridgehead atoms. The highest BCUT2D eigenvalue weighted by atomic mass is 35.5. The van der Waals surface area contributed by atoms with Crippen molar-refractivity contribution in [3.63, 3.8) is 0 Å². The minimum atomic E-state index is -0.0125. The van der Waals surface area contributed by atoms with Gasteiger partial charge in [0, 0.05) is 36.5 Å². The van der Waals surface area contributed by atoms with Gasteiger partial charge in [-0.1, -0.05) is 23.7 Å². The zero-order valence-corrected chi connectivity index (χ0v) is 14.4. The van der Waals surface area contributed by atoms with Crippen LogP contribution in [0.15, 0.2) is 24.3 Å². The first-order chi connectivity index (χ1) is 10.6. The normalized spacial score (nSPS) is 19.2. The van der Waals surface area contributed by atoms with Crippen molar-refractivity contribution in [3.8, 4) is 0 Å². The van der Waals surface area contributed by atoms with Crippen molar-refractivity contribution in [2.75, 3.05) is 32.5 Å². The van der Waals surface area contributed by atoms with Crippen molar-refractivity contribution >= 4 is 29.4 Å². The number of urea groups is 1. The lowest BCUT2D eigenvalue weighted by Gasteiger charge is -2.21. The second-order valence-electron chi connectivity index (χ2n) is 5.58. The molecule has 122 valence electrons. The van der Waals surface area contributed by atoms with Gasteiger partial charge in [0.25, 0.3) is 0 Å². The smallest absolute Gasteiger partial charge is 0.317 e. The summed E-state index contributed by atoms with van der Waals surface area (Å²) in [5.74, 6) is 0.431. The summed E-state index contributed by atoms with van der Waals surface area (Å²) in [5.41, 5.74) is 1.12. The number of nitrogens with zero attached hydrogens (tertiary/aromatic N) is 1. The molecule has 22 heavy (non-hydrogen) atoms. The van der Waals surface area contributed by atoms with Gasteiger partial charge < -0.3 is 15.3 Å². The number of nitrogens with one attached hydrogen (secondary N) is 1. The molecule has 1 aromatic carbocycles. The Labute approximate surface area is 141 Å². The first-order valence-electron chi connectivity index (χ1n) is 7.56. The molecule has 1 saturated heterocycles. The molecule has 2 atom stereocenters. The Morgan fingerprint density at radius 1 is 1.59 bits per heavy atom. The van der Waals surface area contributed by atoms with E-state index in [2.05, 4.69) is 5.32 Å². The highest BCUT2D eigenvalue weighted by molar-refractivity contribution is 7.98. The van der Waals surface area contributed by atoms with Crippen molar-refractivity contribution < 1.29 is 9.90 Å².